The molecule has 0 saturated carbocycles. The van der Waals surface area contributed by atoms with Gasteiger partial charge in [-0.2, -0.15) is 4.98 Å². The number of carbonyl (C=O) groups excluding carboxylic acids is 2. The molecule has 0 bridgehead atoms. The molecule has 9 nitrogen and oxygen atoms in total. The van der Waals surface area contributed by atoms with Crippen LogP contribution in [0.5, 0.6) is 5.75 Å². The minimum atomic E-state index is -0.695. The number of nitrogens with zero attached hydrogens (tertiary/aromatic N) is 3. The lowest BCUT2D eigenvalue weighted by molar-refractivity contribution is -0.108. The normalized spacial score (nSPS) is 11.5. The van der Waals surface area contributed by atoms with Crippen LogP contribution in [0, 0.1) is 0 Å². The van der Waals surface area contributed by atoms with E-state index in [9.17, 15) is 9.59 Å². The first-order valence-electron chi connectivity index (χ1n) is 7.03. The van der Waals surface area contributed by atoms with Gasteiger partial charge in [0, 0.05) is 18.0 Å². The first kappa shape index (κ1) is 17.2. The highest BCUT2D eigenvalue weighted by molar-refractivity contribution is 5.98. The highest BCUT2D eigenvalue weighted by Crippen LogP contribution is 2.23. The third-order valence-corrected chi connectivity index (χ3v) is 3.24. The fourth-order valence-corrected chi connectivity index (χ4v) is 1.86. The Bertz CT molecular complexity index is 752. The first-order valence-corrected chi connectivity index (χ1v) is 7.03. The molecule has 9 heteroatoms. The van der Waals surface area contributed by atoms with Gasteiger partial charge in [0.2, 0.25) is 5.95 Å². The lowest BCUT2D eigenvalue weighted by atomic mass is 10.2. The number of nitrogens with two attached hydrogens (primary N) is 2. The van der Waals surface area contributed by atoms with E-state index in [1.165, 1.54) is 6.20 Å². The van der Waals surface area contributed by atoms with Crippen LogP contribution in [0.3, 0.4) is 0 Å². The number of amides is 1. The van der Waals surface area contributed by atoms with Gasteiger partial charge in [-0.1, -0.05) is 6.07 Å². The Morgan fingerprint density at radius 3 is 2.83 bits per heavy atom. The summed E-state index contributed by atoms with van der Waals surface area (Å²) in [5, 5.41) is 4.07. The molecule has 24 heavy (non-hydrogen) atoms. The minimum Gasteiger partial charge on any atom is -0.497 e. The maximum atomic E-state index is 11.6. The van der Waals surface area contributed by atoms with Crippen molar-refractivity contribution in [1.29, 1.82) is 0 Å². The van der Waals surface area contributed by atoms with E-state index >= 15 is 0 Å². The Morgan fingerprint density at radius 1 is 1.46 bits per heavy atom. The van der Waals surface area contributed by atoms with Gasteiger partial charge in [0.15, 0.2) is 0 Å². The molecule has 5 N–H and O–H groups in total. The minimum absolute atomic E-state index is 0.0741. The van der Waals surface area contributed by atoms with Crippen LogP contribution in [0.1, 0.15) is 17.3 Å². The summed E-state index contributed by atoms with van der Waals surface area (Å²) >= 11 is 0. The van der Waals surface area contributed by atoms with Crippen molar-refractivity contribution in [2.24, 2.45) is 11.6 Å². The molecule has 1 aromatic heterocycles. The number of anilines is 3. The Hall–Kier alpha value is -3.20. The molecule has 0 radical (unpaired) electrons. The zero-order valence-electron chi connectivity index (χ0n) is 13.3. The molecule has 0 aliphatic rings. The predicted molar refractivity (Wildman–Crippen MR) is 89.0 cm³/mol. The van der Waals surface area contributed by atoms with Crippen LogP contribution in [0.2, 0.25) is 0 Å². The van der Waals surface area contributed by atoms with Gasteiger partial charge < -0.3 is 20.6 Å². The summed E-state index contributed by atoms with van der Waals surface area (Å²) in [5.41, 5.74) is 6.08. The maximum Gasteiger partial charge on any atom is 0.254 e. The van der Waals surface area contributed by atoms with Crippen LogP contribution in [0.15, 0.2) is 30.5 Å². The number of hydrogen-bond acceptors (Lipinski definition) is 8. The molecule has 1 heterocycles. The lowest BCUT2D eigenvalue weighted by Gasteiger charge is -2.20. The number of nitrogens with one attached hydrogen (secondary N) is 1. The second-order valence-electron chi connectivity index (χ2n) is 4.94. The Labute approximate surface area is 138 Å². The average Bonchev–Trinajstić information content (AvgIpc) is 2.60. The number of carbonyl (C=O) groups is 2. The van der Waals surface area contributed by atoms with E-state index in [1.807, 2.05) is 0 Å². The van der Waals surface area contributed by atoms with Crippen LogP contribution in [0.25, 0.3) is 0 Å². The second kappa shape index (κ2) is 7.38. The molecule has 0 aliphatic carbocycles. The highest BCUT2D eigenvalue weighted by Gasteiger charge is 2.17. The van der Waals surface area contributed by atoms with E-state index < -0.39 is 11.9 Å². The fraction of sp³-hybridized carbons (Fsp3) is 0.200. The molecule has 1 amide bonds. The number of ether oxygens (including phenoxy) is 1. The van der Waals surface area contributed by atoms with Crippen molar-refractivity contribution in [2.75, 3.05) is 17.4 Å². The Kier molecular flexibility index (Phi) is 5.27. The van der Waals surface area contributed by atoms with Crippen molar-refractivity contribution < 1.29 is 14.3 Å². The van der Waals surface area contributed by atoms with Crippen molar-refractivity contribution >= 4 is 29.6 Å². The monoisotopic (exact) mass is 330 g/mol. The van der Waals surface area contributed by atoms with Crippen molar-refractivity contribution in [3.8, 4) is 5.75 Å². The van der Waals surface area contributed by atoms with Crippen molar-refractivity contribution in [3.63, 3.8) is 0 Å². The van der Waals surface area contributed by atoms with Gasteiger partial charge in [-0.25, -0.2) is 10.8 Å². The fourth-order valence-electron chi connectivity index (χ4n) is 1.86. The summed E-state index contributed by atoms with van der Waals surface area (Å²) in [5.74, 6) is 5.98. The van der Waals surface area contributed by atoms with Crippen LogP contribution in [-0.4, -0.2) is 35.3 Å². The van der Waals surface area contributed by atoms with E-state index in [2.05, 4.69) is 15.3 Å². The third kappa shape index (κ3) is 3.76. The molecule has 1 unspecified atom stereocenters. The number of benzene rings is 1. The number of aldehydes is 1. The zero-order valence-corrected chi connectivity index (χ0v) is 13.3. The standard InChI is InChI=1S/C15H18N6O3/c1-9(8-22)21(17)15-18-7-12(13(16)23)14(20-15)19-10-4-3-5-11(6-10)24-2/h3-9H,17H2,1-2H3,(H2,16,23)(H,18,19,20). The first-order chi connectivity index (χ1) is 11.5. The Morgan fingerprint density at radius 2 is 2.21 bits per heavy atom. The zero-order chi connectivity index (χ0) is 17.7. The summed E-state index contributed by atoms with van der Waals surface area (Å²) in [6.07, 6.45) is 1.91. The van der Waals surface area contributed by atoms with E-state index in [0.717, 1.165) is 5.01 Å². The van der Waals surface area contributed by atoms with Crippen molar-refractivity contribution in [1.82, 2.24) is 9.97 Å². The van der Waals surface area contributed by atoms with Gasteiger partial charge in [-0.05, 0) is 19.1 Å². The molecule has 0 fully saturated rings. The quantitative estimate of drug-likeness (QED) is 0.381. The van der Waals surface area contributed by atoms with E-state index in [0.29, 0.717) is 17.7 Å². The molecule has 0 spiro atoms. The number of methoxy groups -OCH3 is 1. The Balaban J connectivity index is 2.41. The predicted octanol–water partition coefficient (Wildman–Crippen LogP) is 0.595. The lowest BCUT2D eigenvalue weighted by Crippen LogP contribution is -2.41. The third-order valence-electron chi connectivity index (χ3n) is 3.24. The largest absolute Gasteiger partial charge is 0.497 e. The molecular formula is C15H18N6O3. The number of primary amides is 1. The molecule has 126 valence electrons. The van der Waals surface area contributed by atoms with E-state index in [1.54, 1.807) is 38.3 Å². The number of aromatic nitrogens is 2. The topological polar surface area (TPSA) is 136 Å². The average molecular weight is 330 g/mol. The smallest absolute Gasteiger partial charge is 0.254 e. The van der Waals surface area contributed by atoms with Gasteiger partial charge in [0.05, 0.1) is 7.11 Å². The number of hydrazine groups is 1. The van der Waals surface area contributed by atoms with Crippen LogP contribution in [0.4, 0.5) is 17.5 Å². The van der Waals surface area contributed by atoms with Gasteiger partial charge in [-0.15, -0.1) is 0 Å². The van der Waals surface area contributed by atoms with Crippen molar-refractivity contribution in [3.05, 3.63) is 36.0 Å². The van der Waals surface area contributed by atoms with Gasteiger partial charge in [-0.3, -0.25) is 9.80 Å². The summed E-state index contributed by atoms with van der Waals surface area (Å²) in [4.78, 5) is 30.6. The molecule has 2 rings (SSSR count). The maximum absolute atomic E-state index is 11.6. The molecule has 1 aromatic carbocycles. The van der Waals surface area contributed by atoms with E-state index in [4.69, 9.17) is 16.3 Å². The highest BCUT2D eigenvalue weighted by atomic mass is 16.5. The molecular weight excluding hydrogens is 312 g/mol. The second-order valence-corrected chi connectivity index (χ2v) is 4.94. The molecule has 2 aromatic rings. The van der Waals surface area contributed by atoms with Crippen LogP contribution in [-0.2, 0) is 4.79 Å². The molecule has 0 saturated heterocycles. The van der Waals surface area contributed by atoms with Crippen LogP contribution < -0.4 is 26.6 Å². The summed E-state index contributed by atoms with van der Waals surface area (Å²) in [6, 6.07) is 6.41. The van der Waals surface area contributed by atoms with Gasteiger partial charge in [0.25, 0.3) is 5.91 Å². The molecule has 0 aliphatic heterocycles. The SMILES string of the molecule is COc1cccc(Nc2nc(N(N)C(C)C=O)ncc2C(N)=O)c1. The van der Waals surface area contributed by atoms with Gasteiger partial charge in [0.1, 0.15) is 29.5 Å². The van der Waals surface area contributed by atoms with Crippen LogP contribution >= 0.6 is 0 Å². The van der Waals surface area contributed by atoms with E-state index in [-0.39, 0.29) is 17.3 Å². The van der Waals surface area contributed by atoms with Crippen molar-refractivity contribution in [2.45, 2.75) is 13.0 Å². The number of hydrogen-bond donors (Lipinski definition) is 3. The summed E-state index contributed by atoms with van der Waals surface area (Å²) < 4.78 is 5.15. The molecule has 1 atom stereocenters. The number of rotatable bonds is 7. The summed E-state index contributed by atoms with van der Waals surface area (Å²) in [6.45, 7) is 1.59. The summed E-state index contributed by atoms with van der Waals surface area (Å²) in [7, 11) is 1.55. The van der Waals surface area contributed by atoms with Gasteiger partial charge >= 0.3 is 0 Å².